The summed E-state index contributed by atoms with van der Waals surface area (Å²) in [4.78, 5) is 11.5. The second-order valence-corrected chi connectivity index (χ2v) is 4.70. The molecule has 3 nitrogen and oxygen atoms in total. The molecule has 0 heterocycles. The van der Waals surface area contributed by atoms with Crippen molar-refractivity contribution in [2.75, 3.05) is 11.9 Å². The topological polar surface area (TPSA) is 49.3 Å². The molecule has 0 spiro atoms. The van der Waals surface area contributed by atoms with Gasteiger partial charge in [0.1, 0.15) is 5.75 Å². The first-order chi connectivity index (χ1) is 9.69. The average molecular weight is 269 g/mol. The number of phenolic OH excluding ortho intramolecular Hbond substituents is 1. The summed E-state index contributed by atoms with van der Waals surface area (Å²) in [6.07, 6.45) is 1.42. The van der Waals surface area contributed by atoms with Crippen LogP contribution in [0, 0.1) is 0 Å². The molecule has 2 aromatic carbocycles. The maximum atomic E-state index is 11.5. The van der Waals surface area contributed by atoms with E-state index in [1.54, 1.807) is 12.1 Å². The van der Waals surface area contributed by atoms with E-state index in [1.807, 2.05) is 43.3 Å². The Morgan fingerprint density at radius 3 is 2.30 bits per heavy atom. The van der Waals surface area contributed by atoms with Gasteiger partial charge < -0.3 is 10.4 Å². The molecular weight excluding hydrogens is 250 g/mol. The van der Waals surface area contributed by atoms with Gasteiger partial charge in [-0.1, -0.05) is 19.1 Å². The van der Waals surface area contributed by atoms with Crippen LogP contribution in [0.4, 0.5) is 5.69 Å². The molecule has 0 aliphatic rings. The summed E-state index contributed by atoms with van der Waals surface area (Å²) >= 11 is 0. The zero-order chi connectivity index (χ0) is 14.4. The van der Waals surface area contributed by atoms with Crippen LogP contribution in [0.1, 0.15) is 29.3 Å². The zero-order valence-corrected chi connectivity index (χ0v) is 11.6. The lowest BCUT2D eigenvalue weighted by Gasteiger charge is -2.07. The summed E-state index contributed by atoms with van der Waals surface area (Å²) < 4.78 is 0. The Morgan fingerprint density at radius 1 is 1.05 bits per heavy atom. The van der Waals surface area contributed by atoms with Crippen LogP contribution in [-0.2, 0) is 6.42 Å². The van der Waals surface area contributed by atoms with Crippen molar-refractivity contribution in [3.05, 3.63) is 59.7 Å². The third kappa shape index (κ3) is 3.85. The van der Waals surface area contributed by atoms with Crippen LogP contribution in [0.3, 0.4) is 0 Å². The number of carbonyl (C=O) groups is 1. The van der Waals surface area contributed by atoms with Crippen LogP contribution in [0.5, 0.6) is 5.75 Å². The van der Waals surface area contributed by atoms with Gasteiger partial charge in [0.05, 0.1) is 0 Å². The van der Waals surface area contributed by atoms with E-state index >= 15 is 0 Å². The largest absolute Gasteiger partial charge is 0.508 e. The minimum Gasteiger partial charge on any atom is -0.508 e. The first-order valence-electron chi connectivity index (χ1n) is 6.84. The number of ketones is 1. The molecule has 2 rings (SSSR count). The van der Waals surface area contributed by atoms with Crippen molar-refractivity contribution in [2.45, 2.75) is 19.8 Å². The van der Waals surface area contributed by atoms with Crippen molar-refractivity contribution in [1.82, 2.24) is 0 Å². The van der Waals surface area contributed by atoms with Crippen LogP contribution in [0.25, 0.3) is 0 Å². The molecule has 2 aromatic rings. The highest BCUT2D eigenvalue weighted by molar-refractivity contribution is 5.96. The minimum absolute atomic E-state index is 0.167. The lowest BCUT2D eigenvalue weighted by molar-refractivity contribution is 0.0988. The van der Waals surface area contributed by atoms with Gasteiger partial charge in [-0.05, 0) is 48.4 Å². The monoisotopic (exact) mass is 269 g/mol. The predicted molar refractivity (Wildman–Crippen MR) is 81.4 cm³/mol. The highest BCUT2D eigenvalue weighted by atomic mass is 16.3. The number of phenols is 1. The van der Waals surface area contributed by atoms with Gasteiger partial charge in [-0.15, -0.1) is 0 Å². The molecule has 0 fully saturated rings. The quantitative estimate of drug-likeness (QED) is 0.787. The van der Waals surface area contributed by atoms with Crippen LogP contribution < -0.4 is 5.32 Å². The van der Waals surface area contributed by atoms with Gasteiger partial charge in [0, 0.05) is 24.2 Å². The number of anilines is 1. The lowest BCUT2D eigenvalue weighted by Crippen LogP contribution is -2.05. The normalized spacial score (nSPS) is 10.2. The second-order valence-electron chi connectivity index (χ2n) is 4.70. The van der Waals surface area contributed by atoms with Crippen LogP contribution in [0.2, 0.25) is 0 Å². The number of hydrogen-bond donors (Lipinski definition) is 2. The Morgan fingerprint density at radius 2 is 1.70 bits per heavy atom. The smallest absolute Gasteiger partial charge is 0.162 e. The van der Waals surface area contributed by atoms with E-state index in [1.165, 1.54) is 5.56 Å². The number of nitrogens with one attached hydrogen (secondary N) is 1. The third-order valence-corrected chi connectivity index (χ3v) is 3.21. The molecule has 0 saturated heterocycles. The summed E-state index contributed by atoms with van der Waals surface area (Å²) in [5, 5.41) is 12.5. The molecule has 3 heteroatoms. The van der Waals surface area contributed by atoms with Gasteiger partial charge in [-0.25, -0.2) is 0 Å². The van der Waals surface area contributed by atoms with Crippen molar-refractivity contribution in [2.24, 2.45) is 0 Å². The molecule has 0 amide bonds. The molecule has 0 saturated carbocycles. The summed E-state index contributed by atoms with van der Waals surface area (Å²) in [6.45, 7) is 2.68. The molecule has 2 N–H and O–H groups in total. The fourth-order valence-electron chi connectivity index (χ4n) is 1.99. The first-order valence-corrected chi connectivity index (χ1v) is 6.84. The van der Waals surface area contributed by atoms with Crippen molar-refractivity contribution in [3.8, 4) is 5.75 Å². The van der Waals surface area contributed by atoms with E-state index in [0.29, 0.717) is 6.42 Å². The van der Waals surface area contributed by atoms with Crippen LogP contribution >= 0.6 is 0 Å². The van der Waals surface area contributed by atoms with Gasteiger partial charge >= 0.3 is 0 Å². The van der Waals surface area contributed by atoms with Crippen LogP contribution in [0.15, 0.2) is 48.5 Å². The lowest BCUT2D eigenvalue weighted by atomic mass is 10.1. The fourth-order valence-corrected chi connectivity index (χ4v) is 1.99. The molecule has 0 unspecified atom stereocenters. The summed E-state index contributed by atoms with van der Waals surface area (Å²) in [7, 11) is 0. The Labute approximate surface area is 119 Å². The molecular formula is C17H19NO2. The van der Waals surface area contributed by atoms with E-state index in [-0.39, 0.29) is 11.5 Å². The van der Waals surface area contributed by atoms with Crippen molar-refractivity contribution in [3.63, 3.8) is 0 Å². The number of aromatic hydroxyl groups is 1. The molecule has 0 bridgehead atoms. The van der Waals surface area contributed by atoms with Gasteiger partial charge in [-0.2, -0.15) is 0 Å². The minimum atomic E-state index is 0.167. The number of carbonyl (C=O) groups excluding carboxylic acids is 1. The summed E-state index contributed by atoms with van der Waals surface area (Å²) in [5.41, 5.74) is 2.95. The molecule has 104 valence electrons. The van der Waals surface area contributed by atoms with E-state index in [0.717, 1.165) is 24.2 Å². The van der Waals surface area contributed by atoms with Gasteiger partial charge in [-0.3, -0.25) is 4.79 Å². The van der Waals surface area contributed by atoms with Crippen LogP contribution in [-0.4, -0.2) is 17.4 Å². The van der Waals surface area contributed by atoms with Crippen molar-refractivity contribution in [1.29, 1.82) is 0 Å². The maximum absolute atomic E-state index is 11.5. The standard InChI is InChI=1S/C17H19NO2/c1-2-17(20)14-5-7-15(8-6-14)18-12-11-13-3-9-16(19)10-4-13/h3-10,18-19H,2,11-12H2,1H3. The van der Waals surface area contributed by atoms with Gasteiger partial charge in [0.25, 0.3) is 0 Å². The average Bonchev–Trinajstić information content (AvgIpc) is 2.49. The van der Waals surface area contributed by atoms with E-state index < -0.39 is 0 Å². The Hall–Kier alpha value is -2.29. The van der Waals surface area contributed by atoms with Gasteiger partial charge in [0.15, 0.2) is 5.78 Å². The van der Waals surface area contributed by atoms with Crippen molar-refractivity contribution < 1.29 is 9.90 Å². The Kier molecular flexibility index (Phi) is 4.77. The fraction of sp³-hybridized carbons (Fsp3) is 0.235. The highest BCUT2D eigenvalue weighted by Gasteiger charge is 2.02. The summed E-state index contributed by atoms with van der Waals surface area (Å²) in [5.74, 6) is 0.457. The van der Waals surface area contributed by atoms with Crippen molar-refractivity contribution >= 4 is 11.5 Å². The van der Waals surface area contributed by atoms with Gasteiger partial charge in [0.2, 0.25) is 0 Å². The molecule has 0 atom stereocenters. The Bertz CT molecular complexity index is 559. The SMILES string of the molecule is CCC(=O)c1ccc(NCCc2ccc(O)cc2)cc1. The maximum Gasteiger partial charge on any atom is 0.162 e. The second kappa shape index (κ2) is 6.75. The predicted octanol–water partition coefficient (Wildman–Crippen LogP) is 3.64. The highest BCUT2D eigenvalue weighted by Crippen LogP contribution is 2.13. The number of rotatable bonds is 6. The molecule has 0 radical (unpaired) electrons. The summed E-state index contributed by atoms with van der Waals surface area (Å²) in [6, 6.07) is 14.8. The van der Waals surface area contributed by atoms with E-state index in [4.69, 9.17) is 0 Å². The molecule has 0 aliphatic carbocycles. The number of benzene rings is 2. The number of Topliss-reactive ketones (excluding diaryl/α,β-unsaturated/α-hetero) is 1. The molecule has 0 aliphatic heterocycles. The molecule has 20 heavy (non-hydrogen) atoms. The number of hydrogen-bond acceptors (Lipinski definition) is 3. The van der Waals surface area contributed by atoms with E-state index in [2.05, 4.69) is 5.32 Å². The third-order valence-electron chi connectivity index (χ3n) is 3.21. The van der Waals surface area contributed by atoms with E-state index in [9.17, 15) is 9.90 Å². The molecule has 0 aromatic heterocycles. The zero-order valence-electron chi connectivity index (χ0n) is 11.6. The Balaban J connectivity index is 1.85. The first kappa shape index (κ1) is 14.1.